The Balaban J connectivity index is 0. The fourth-order valence-electron chi connectivity index (χ4n) is 1.73. The maximum Gasteiger partial charge on any atom is 0.353 e. The van der Waals surface area contributed by atoms with Gasteiger partial charge in [0.1, 0.15) is 16.4 Å². The van der Waals surface area contributed by atoms with Crippen LogP contribution in [0.5, 0.6) is 11.5 Å². The van der Waals surface area contributed by atoms with Gasteiger partial charge in [0.2, 0.25) is 0 Å². The highest BCUT2D eigenvalue weighted by Crippen LogP contribution is 2.27. The van der Waals surface area contributed by atoms with E-state index in [1.54, 1.807) is 12.1 Å². The third kappa shape index (κ3) is 12.0. The zero-order valence-corrected chi connectivity index (χ0v) is 18.9. The molecule has 2 aromatic rings. The van der Waals surface area contributed by atoms with Crippen molar-refractivity contribution >= 4 is 51.7 Å². The lowest BCUT2D eigenvalue weighted by atomic mass is 10.2. The molecule has 11 nitrogen and oxygen atoms in total. The first kappa shape index (κ1) is 28.4. The third-order valence-electron chi connectivity index (χ3n) is 3.01. The molecule has 3 N–H and O–H groups in total. The van der Waals surface area contributed by atoms with E-state index in [4.69, 9.17) is 43.3 Å². The van der Waals surface area contributed by atoms with Crippen LogP contribution in [0.3, 0.4) is 0 Å². The van der Waals surface area contributed by atoms with Crippen molar-refractivity contribution in [3.8, 4) is 11.5 Å². The van der Waals surface area contributed by atoms with Gasteiger partial charge in [0.05, 0.1) is 25.3 Å². The summed E-state index contributed by atoms with van der Waals surface area (Å²) in [4.78, 5) is 20.6. The minimum absolute atomic E-state index is 0. The van der Waals surface area contributed by atoms with Gasteiger partial charge in [0.15, 0.2) is 0 Å². The molecule has 0 aromatic heterocycles. The number of methoxy groups -OCH3 is 2. The van der Waals surface area contributed by atoms with Gasteiger partial charge >= 0.3 is 21.3 Å². The first-order valence-corrected chi connectivity index (χ1v) is 12.1. The largest absolute Gasteiger partial charge is 0.497 e. The molecule has 0 unspecified atom stereocenters. The second-order valence-electron chi connectivity index (χ2n) is 5.05. The standard InChI is InChI=1S/C8H7ClO5S.C8H8O3.ClHO3S.H2/c1-14-6-3-2-5(8(10)11)4-7(6)15(9,12)13;1-11-7-4-2-6(3-5-7)8(9)10;1-5(2,3)4;/h2-4H,1H3,(H,10,11);2-5H,1H3,(H,9,10);(H,2,3,4);1H/i;;;1+1. The van der Waals surface area contributed by atoms with Crippen molar-refractivity contribution in [1.29, 1.82) is 0 Å². The molecule has 2 aromatic carbocycles. The van der Waals surface area contributed by atoms with Gasteiger partial charge in [-0.25, -0.2) is 18.0 Å². The van der Waals surface area contributed by atoms with Crippen molar-refractivity contribution in [2.45, 2.75) is 4.90 Å². The van der Waals surface area contributed by atoms with Crippen molar-refractivity contribution in [1.82, 2.24) is 0 Å². The zero-order valence-electron chi connectivity index (χ0n) is 15.7. The van der Waals surface area contributed by atoms with E-state index in [1.165, 1.54) is 38.5 Å². The highest BCUT2D eigenvalue weighted by atomic mass is 35.7. The van der Waals surface area contributed by atoms with E-state index in [1.807, 2.05) is 0 Å². The van der Waals surface area contributed by atoms with E-state index in [-0.39, 0.29) is 23.2 Å². The summed E-state index contributed by atoms with van der Waals surface area (Å²) < 4.78 is 56.9. The monoisotopic (exact) mass is 521 g/mol. The van der Waals surface area contributed by atoms with Crippen LogP contribution < -0.4 is 9.47 Å². The van der Waals surface area contributed by atoms with Crippen LogP contribution in [0.4, 0.5) is 0 Å². The lowest BCUT2D eigenvalue weighted by Crippen LogP contribution is -2.01. The highest BCUT2D eigenvalue weighted by Gasteiger charge is 2.18. The highest BCUT2D eigenvalue weighted by molar-refractivity contribution is 8.13. The molecule has 15 heteroatoms. The molecule has 2 rings (SSSR count). The summed E-state index contributed by atoms with van der Waals surface area (Å²) in [5, 5.41) is 17.2. The van der Waals surface area contributed by atoms with Crippen molar-refractivity contribution < 1.29 is 52.1 Å². The van der Waals surface area contributed by atoms with E-state index < -0.39 is 30.3 Å². The molecule has 0 amide bonds. The van der Waals surface area contributed by atoms with Gasteiger partial charge < -0.3 is 19.7 Å². The SMILES string of the molecule is COc1ccc(C(=O)O)cc1.COc1ccc(C(=O)O)cc1S(=O)(=O)Cl.O=S(=O)(O)Cl.[2HH]. The van der Waals surface area contributed by atoms with Crippen LogP contribution in [0, 0.1) is 0 Å². The Hall–Kier alpha value is -2.58. The van der Waals surface area contributed by atoms with Crippen molar-refractivity contribution in [2.75, 3.05) is 14.2 Å². The Labute approximate surface area is 187 Å². The van der Waals surface area contributed by atoms with Gasteiger partial charge in [-0.2, -0.15) is 8.42 Å². The molecule has 0 radical (unpaired) electrons. The van der Waals surface area contributed by atoms with Gasteiger partial charge in [-0.1, -0.05) is 0 Å². The molecule has 0 saturated carbocycles. The normalized spacial score (nSPS) is 10.5. The fourth-order valence-corrected chi connectivity index (χ4v) is 2.76. The number of halogens is 2. The summed E-state index contributed by atoms with van der Waals surface area (Å²) >= 11 is 0. The van der Waals surface area contributed by atoms with Crippen LogP contribution in [-0.4, -0.2) is 57.8 Å². The van der Waals surface area contributed by atoms with Crippen LogP contribution in [0.1, 0.15) is 22.1 Å². The molecule has 0 aliphatic rings. The van der Waals surface area contributed by atoms with Crippen molar-refractivity contribution in [3.63, 3.8) is 0 Å². The molecule has 0 bridgehead atoms. The topological polar surface area (TPSA) is 182 Å². The fraction of sp³-hybridized carbons (Fsp3) is 0.125. The Kier molecular flexibility index (Phi) is 11.3. The van der Waals surface area contributed by atoms with E-state index in [9.17, 15) is 18.0 Å². The summed E-state index contributed by atoms with van der Waals surface area (Å²) in [7, 11) is 3.77. The summed E-state index contributed by atoms with van der Waals surface area (Å²) in [6, 6.07) is 9.64. The molecule has 0 spiro atoms. The van der Waals surface area contributed by atoms with Crippen LogP contribution in [0.2, 0.25) is 0 Å². The molecule has 0 atom stereocenters. The number of ether oxygens (including phenoxy) is 2. The van der Waals surface area contributed by atoms with Crippen LogP contribution in [-0.2, 0) is 18.4 Å². The summed E-state index contributed by atoms with van der Waals surface area (Å²) in [5.41, 5.74) is 0.0980. The Morgan fingerprint density at radius 1 is 0.839 bits per heavy atom. The molecule has 0 saturated heterocycles. The van der Waals surface area contributed by atoms with Gasteiger partial charge in [0.25, 0.3) is 9.05 Å². The molecular formula is C16H18Cl2O11S2. The van der Waals surface area contributed by atoms with E-state index in [0.717, 1.165) is 6.07 Å². The molecule has 0 aliphatic heterocycles. The van der Waals surface area contributed by atoms with Gasteiger partial charge in [-0.05, 0) is 42.5 Å². The predicted octanol–water partition coefficient (Wildman–Crippen LogP) is 2.99. The second kappa shape index (κ2) is 12.3. The number of carboxylic acid groups (broad SMARTS) is 2. The van der Waals surface area contributed by atoms with Crippen LogP contribution in [0.25, 0.3) is 0 Å². The number of hydrogen-bond donors (Lipinski definition) is 3. The molecule has 0 heterocycles. The minimum Gasteiger partial charge on any atom is -0.497 e. The molecule has 0 fully saturated rings. The second-order valence-corrected chi connectivity index (χ2v) is 9.58. The quantitative estimate of drug-likeness (QED) is 0.388. The van der Waals surface area contributed by atoms with E-state index >= 15 is 0 Å². The number of hydrogen-bond acceptors (Lipinski definition) is 8. The molecule has 174 valence electrons. The average molecular weight is 522 g/mol. The van der Waals surface area contributed by atoms with Gasteiger partial charge in [-0.3, -0.25) is 4.55 Å². The number of carboxylic acids is 2. The first-order chi connectivity index (χ1) is 14.1. The van der Waals surface area contributed by atoms with E-state index in [0.29, 0.717) is 5.75 Å². The van der Waals surface area contributed by atoms with Crippen molar-refractivity contribution in [3.05, 3.63) is 53.6 Å². The predicted molar refractivity (Wildman–Crippen MR) is 112 cm³/mol. The Morgan fingerprint density at radius 3 is 1.58 bits per heavy atom. The summed E-state index contributed by atoms with van der Waals surface area (Å²) in [6.07, 6.45) is 0. The number of carbonyl (C=O) groups is 2. The minimum atomic E-state index is -4.19. The van der Waals surface area contributed by atoms with Crippen molar-refractivity contribution in [2.24, 2.45) is 0 Å². The smallest absolute Gasteiger partial charge is 0.353 e. The lowest BCUT2D eigenvalue weighted by Gasteiger charge is -2.05. The number of benzene rings is 2. The number of rotatable bonds is 5. The molecule has 0 aliphatic carbocycles. The lowest BCUT2D eigenvalue weighted by molar-refractivity contribution is 0.0686. The van der Waals surface area contributed by atoms with Crippen LogP contribution in [0.15, 0.2) is 47.4 Å². The van der Waals surface area contributed by atoms with E-state index in [2.05, 4.69) is 10.7 Å². The first-order valence-electron chi connectivity index (χ1n) is 7.50. The maximum absolute atomic E-state index is 11.1. The number of aromatic carboxylic acids is 2. The van der Waals surface area contributed by atoms with Crippen LogP contribution >= 0.6 is 21.4 Å². The molecular weight excluding hydrogens is 503 g/mol. The van der Waals surface area contributed by atoms with Gasteiger partial charge in [0, 0.05) is 22.8 Å². The summed E-state index contributed by atoms with van der Waals surface area (Å²) in [5.74, 6) is -1.49. The Morgan fingerprint density at radius 2 is 1.26 bits per heavy atom. The third-order valence-corrected chi connectivity index (χ3v) is 4.35. The summed E-state index contributed by atoms with van der Waals surface area (Å²) in [6.45, 7) is 0. The molecule has 31 heavy (non-hydrogen) atoms. The maximum atomic E-state index is 11.1. The Bertz CT molecular complexity index is 1110. The average Bonchev–Trinajstić information content (AvgIpc) is 2.66. The van der Waals surface area contributed by atoms with Gasteiger partial charge in [-0.15, -0.1) is 0 Å². The zero-order chi connectivity index (χ0) is 24.4.